The Morgan fingerprint density at radius 3 is 2.29 bits per heavy atom. The predicted octanol–water partition coefficient (Wildman–Crippen LogP) is 4.85. The predicted molar refractivity (Wildman–Crippen MR) is 98.8 cm³/mol. The van der Waals surface area contributed by atoms with E-state index in [2.05, 4.69) is 83.8 Å². The molecule has 0 aliphatic carbocycles. The molecule has 0 fully saturated rings. The van der Waals surface area contributed by atoms with E-state index in [0.29, 0.717) is 0 Å². The molecule has 3 aromatic rings. The molecule has 4 rings (SSSR count). The van der Waals surface area contributed by atoms with Crippen LogP contribution in [0.1, 0.15) is 22.7 Å². The molecule has 0 radical (unpaired) electrons. The molecule has 0 N–H and O–H groups in total. The van der Waals surface area contributed by atoms with Crippen LogP contribution in [-0.4, -0.2) is 13.7 Å². The van der Waals surface area contributed by atoms with Gasteiger partial charge in [0.2, 0.25) is 0 Å². The van der Waals surface area contributed by atoms with Crippen LogP contribution in [0.25, 0.3) is 0 Å². The van der Waals surface area contributed by atoms with E-state index in [9.17, 15) is 0 Å². The molecule has 1 unspecified atom stereocenters. The molecule has 1 aliphatic heterocycles. The van der Waals surface area contributed by atoms with Crippen molar-refractivity contribution in [3.63, 3.8) is 0 Å². The van der Waals surface area contributed by atoms with Crippen molar-refractivity contribution in [2.75, 3.05) is 18.6 Å². The SMILES string of the molecule is COc1ccc(C2c3ccccc3CCN2c2ccccc2)cc1. The minimum atomic E-state index is 0.239. The largest absolute Gasteiger partial charge is 0.497 e. The number of anilines is 1. The molecule has 0 amide bonds. The third-order valence-electron chi connectivity index (χ3n) is 4.80. The van der Waals surface area contributed by atoms with Crippen molar-refractivity contribution < 1.29 is 4.74 Å². The van der Waals surface area contributed by atoms with E-state index < -0.39 is 0 Å². The highest BCUT2D eigenvalue weighted by Gasteiger charge is 2.28. The molecule has 1 heterocycles. The summed E-state index contributed by atoms with van der Waals surface area (Å²) in [4.78, 5) is 2.50. The van der Waals surface area contributed by atoms with Crippen LogP contribution in [0, 0.1) is 0 Å². The van der Waals surface area contributed by atoms with Crippen LogP contribution < -0.4 is 9.64 Å². The van der Waals surface area contributed by atoms with E-state index in [-0.39, 0.29) is 6.04 Å². The fraction of sp³-hybridized carbons (Fsp3) is 0.182. The molecule has 3 aromatic carbocycles. The number of nitrogens with zero attached hydrogens (tertiary/aromatic N) is 1. The Hall–Kier alpha value is -2.74. The minimum Gasteiger partial charge on any atom is -0.497 e. The van der Waals surface area contributed by atoms with Gasteiger partial charge in [0.05, 0.1) is 13.2 Å². The zero-order chi connectivity index (χ0) is 16.4. The highest BCUT2D eigenvalue weighted by Crippen LogP contribution is 2.38. The number of methoxy groups -OCH3 is 1. The third-order valence-corrected chi connectivity index (χ3v) is 4.80. The van der Waals surface area contributed by atoms with Crippen LogP contribution in [0.3, 0.4) is 0 Å². The van der Waals surface area contributed by atoms with Gasteiger partial charge in [0.25, 0.3) is 0 Å². The van der Waals surface area contributed by atoms with E-state index in [1.165, 1.54) is 22.4 Å². The van der Waals surface area contributed by atoms with E-state index in [1.54, 1.807) is 7.11 Å². The van der Waals surface area contributed by atoms with Crippen molar-refractivity contribution >= 4 is 5.69 Å². The highest BCUT2D eigenvalue weighted by molar-refractivity contribution is 5.56. The fourth-order valence-corrected chi connectivity index (χ4v) is 3.61. The summed E-state index contributed by atoms with van der Waals surface area (Å²) in [6, 6.07) is 28.2. The molecule has 2 nitrogen and oxygen atoms in total. The summed E-state index contributed by atoms with van der Waals surface area (Å²) >= 11 is 0. The summed E-state index contributed by atoms with van der Waals surface area (Å²) in [6.07, 6.45) is 1.08. The van der Waals surface area contributed by atoms with Gasteiger partial charge in [-0.1, -0.05) is 54.6 Å². The summed E-state index contributed by atoms with van der Waals surface area (Å²) in [5.41, 5.74) is 5.42. The molecule has 0 aromatic heterocycles. The first kappa shape index (κ1) is 14.8. The van der Waals surface area contributed by atoms with Crippen molar-refractivity contribution in [3.8, 4) is 5.75 Å². The van der Waals surface area contributed by atoms with Crippen molar-refractivity contribution in [2.45, 2.75) is 12.5 Å². The normalized spacial score (nSPS) is 16.5. The van der Waals surface area contributed by atoms with Crippen molar-refractivity contribution in [1.29, 1.82) is 0 Å². The topological polar surface area (TPSA) is 12.5 Å². The Balaban J connectivity index is 1.82. The van der Waals surface area contributed by atoms with E-state index in [4.69, 9.17) is 4.74 Å². The zero-order valence-corrected chi connectivity index (χ0v) is 13.9. The lowest BCUT2D eigenvalue weighted by Gasteiger charge is -2.39. The van der Waals surface area contributed by atoms with Gasteiger partial charge in [0.15, 0.2) is 0 Å². The summed E-state index contributed by atoms with van der Waals surface area (Å²) < 4.78 is 5.32. The lowest BCUT2D eigenvalue weighted by molar-refractivity contribution is 0.414. The van der Waals surface area contributed by atoms with Crippen LogP contribution in [0.15, 0.2) is 78.9 Å². The summed E-state index contributed by atoms with van der Waals surface area (Å²) in [5.74, 6) is 0.897. The molecule has 2 heteroatoms. The number of fused-ring (bicyclic) bond motifs is 1. The molecular weight excluding hydrogens is 294 g/mol. The molecule has 0 bridgehead atoms. The van der Waals surface area contributed by atoms with Crippen LogP contribution in [0.2, 0.25) is 0 Å². The fourth-order valence-electron chi connectivity index (χ4n) is 3.61. The van der Waals surface area contributed by atoms with Gasteiger partial charge in [0.1, 0.15) is 5.75 Å². The maximum atomic E-state index is 5.32. The van der Waals surface area contributed by atoms with Crippen LogP contribution in [0.5, 0.6) is 5.75 Å². The zero-order valence-electron chi connectivity index (χ0n) is 13.9. The van der Waals surface area contributed by atoms with Crippen molar-refractivity contribution in [1.82, 2.24) is 0 Å². The molecule has 120 valence electrons. The van der Waals surface area contributed by atoms with Crippen molar-refractivity contribution in [3.05, 3.63) is 95.6 Å². The quantitative estimate of drug-likeness (QED) is 0.685. The van der Waals surface area contributed by atoms with Gasteiger partial charge in [-0.3, -0.25) is 0 Å². The average Bonchev–Trinajstić information content (AvgIpc) is 2.68. The van der Waals surface area contributed by atoms with Crippen LogP contribution in [-0.2, 0) is 6.42 Å². The average molecular weight is 315 g/mol. The van der Waals surface area contributed by atoms with Gasteiger partial charge in [-0.25, -0.2) is 0 Å². The van der Waals surface area contributed by atoms with Crippen molar-refractivity contribution in [2.24, 2.45) is 0 Å². The van der Waals surface area contributed by atoms with Crippen LogP contribution in [0.4, 0.5) is 5.69 Å². The van der Waals surface area contributed by atoms with Gasteiger partial charge in [0, 0.05) is 12.2 Å². The van der Waals surface area contributed by atoms with Crippen LogP contribution >= 0.6 is 0 Å². The molecule has 0 saturated heterocycles. The Morgan fingerprint density at radius 1 is 0.833 bits per heavy atom. The first-order valence-electron chi connectivity index (χ1n) is 8.40. The Labute approximate surface area is 143 Å². The summed E-state index contributed by atoms with van der Waals surface area (Å²) in [7, 11) is 1.71. The molecule has 1 aliphatic rings. The minimum absolute atomic E-state index is 0.239. The lowest BCUT2D eigenvalue weighted by atomic mass is 9.88. The number of ether oxygens (including phenoxy) is 1. The third kappa shape index (κ3) is 2.65. The van der Waals surface area contributed by atoms with Gasteiger partial charge in [-0.2, -0.15) is 0 Å². The molecule has 0 saturated carbocycles. The second-order valence-electron chi connectivity index (χ2n) is 6.15. The number of hydrogen-bond donors (Lipinski definition) is 0. The maximum Gasteiger partial charge on any atom is 0.118 e. The molecule has 0 spiro atoms. The Morgan fingerprint density at radius 2 is 1.54 bits per heavy atom. The number of para-hydroxylation sites is 1. The van der Waals surface area contributed by atoms with Gasteiger partial charge < -0.3 is 9.64 Å². The number of hydrogen-bond acceptors (Lipinski definition) is 2. The Kier molecular flexibility index (Phi) is 3.96. The lowest BCUT2D eigenvalue weighted by Crippen LogP contribution is -2.36. The second-order valence-corrected chi connectivity index (χ2v) is 6.15. The van der Waals surface area contributed by atoms with E-state index in [0.717, 1.165) is 18.7 Å². The first-order valence-corrected chi connectivity index (χ1v) is 8.40. The summed E-state index contributed by atoms with van der Waals surface area (Å²) in [5, 5.41) is 0. The standard InChI is InChI=1S/C22H21NO/c1-24-20-13-11-18(12-14-20)22-21-10-6-5-7-17(21)15-16-23(22)19-8-3-2-4-9-19/h2-14,22H,15-16H2,1H3. The van der Waals surface area contributed by atoms with E-state index >= 15 is 0 Å². The smallest absolute Gasteiger partial charge is 0.118 e. The van der Waals surface area contributed by atoms with Gasteiger partial charge >= 0.3 is 0 Å². The molecule has 24 heavy (non-hydrogen) atoms. The van der Waals surface area contributed by atoms with E-state index in [1.807, 2.05) is 0 Å². The number of rotatable bonds is 3. The monoisotopic (exact) mass is 315 g/mol. The second kappa shape index (κ2) is 6.40. The number of benzene rings is 3. The molecule has 1 atom stereocenters. The Bertz CT molecular complexity index is 811. The van der Waals surface area contributed by atoms with Gasteiger partial charge in [-0.05, 0) is 47.4 Å². The molecular formula is C22H21NO. The van der Waals surface area contributed by atoms with Gasteiger partial charge in [-0.15, -0.1) is 0 Å². The summed E-state index contributed by atoms with van der Waals surface area (Å²) in [6.45, 7) is 1.03. The maximum absolute atomic E-state index is 5.32. The first-order chi connectivity index (χ1) is 11.9. The highest BCUT2D eigenvalue weighted by atomic mass is 16.5.